The fraction of sp³-hybridized carbons (Fsp3) is 0.0909. The Morgan fingerprint density at radius 1 is 1.39 bits per heavy atom. The third-order valence-corrected chi connectivity index (χ3v) is 2.65. The van der Waals surface area contributed by atoms with Gasteiger partial charge in [0, 0.05) is 18.1 Å². The summed E-state index contributed by atoms with van der Waals surface area (Å²) in [7, 11) is 1.85. The summed E-state index contributed by atoms with van der Waals surface area (Å²) < 4.78 is 1.75. The van der Waals surface area contributed by atoms with E-state index in [0.717, 1.165) is 10.9 Å². The number of aromatic nitrogens is 5. The van der Waals surface area contributed by atoms with Crippen LogP contribution in [0.3, 0.4) is 0 Å². The second-order valence-electron chi connectivity index (χ2n) is 3.85. The van der Waals surface area contributed by atoms with E-state index in [1.54, 1.807) is 10.9 Å². The number of nitrogens with zero attached hydrogens (tertiary/aromatic N) is 4. The Bertz CT molecular complexity index is 699. The molecule has 18 heavy (non-hydrogen) atoms. The molecule has 7 nitrogen and oxygen atoms in total. The first-order valence-corrected chi connectivity index (χ1v) is 5.33. The van der Waals surface area contributed by atoms with Crippen molar-refractivity contribution in [3.8, 4) is 0 Å². The van der Waals surface area contributed by atoms with Crippen molar-refractivity contribution in [3.05, 3.63) is 36.3 Å². The maximum Gasteiger partial charge on any atom is 0.277 e. The lowest BCUT2D eigenvalue weighted by Gasteiger charge is -2.03. The maximum absolute atomic E-state index is 11.8. The quantitative estimate of drug-likeness (QED) is 0.700. The highest BCUT2D eigenvalue weighted by Crippen LogP contribution is 2.18. The topological polar surface area (TPSA) is 88.5 Å². The zero-order chi connectivity index (χ0) is 12.5. The number of amides is 1. The largest absolute Gasteiger partial charge is 0.320 e. The number of nitrogens with one attached hydrogen (secondary N) is 2. The highest BCUT2D eigenvalue weighted by molar-refractivity contribution is 6.03. The molecule has 0 spiro atoms. The lowest BCUT2D eigenvalue weighted by atomic mass is 10.2. The van der Waals surface area contributed by atoms with E-state index in [0.29, 0.717) is 5.69 Å². The lowest BCUT2D eigenvalue weighted by Crippen LogP contribution is -2.12. The van der Waals surface area contributed by atoms with Gasteiger partial charge in [-0.3, -0.25) is 9.48 Å². The van der Waals surface area contributed by atoms with Gasteiger partial charge in [0.05, 0.1) is 17.9 Å². The molecule has 90 valence electrons. The van der Waals surface area contributed by atoms with Crippen LogP contribution in [-0.4, -0.2) is 31.1 Å². The average Bonchev–Trinajstić information content (AvgIpc) is 3.00. The maximum atomic E-state index is 11.8. The number of H-pyrrole nitrogens is 1. The van der Waals surface area contributed by atoms with E-state index in [1.807, 2.05) is 25.2 Å². The predicted molar refractivity (Wildman–Crippen MR) is 65.0 cm³/mol. The van der Waals surface area contributed by atoms with Crippen molar-refractivity contribution in [1.29, 1.82) is 0 Å². The summed E-state index contributed by atoms with van der Waals surface area (Å²) in [5.41, 5.74) is 1.90. The molecule has 2 aromatic heterocycles. The summed E-state index contributed by atoms with van der Waals surface area (Å²) >= 11 is 0. The van der Waals surface area contributed by atoms with Gasteiger partial charge in [0.15, 0.2) is 5.69 Å². The average molecular weight is 242 g/mol. The number of hydrogen-bond donors (Lipinski definition) is 2. The molecule has 3 rings (SSSR count). The van der Waals surface area contributed by atoms with Gasteiger partial charge in [-0.1, -0.05) is 0 Å². The van der Waals surface area contributed by atoms with Crippen LogP contribution >= 0.6 is 0 Å². The molecule has 2 N–H and O–H groups in total. The van der Waals surface area contributed by atoms with Gasteiger partial charge in [-0.2, -0.15) is 20.5 Å². The van der Waals surface area contributed by atoms with Crippen LogP contribution in [-0.2, 0) is 7.05 Å². The predicted octanol–water partition coefficient (Wildman–Crippen LogP) is 0.944. The van der Waals surface area contributed by atoms with Crippen molar-refractivity contribution < 1.29 is 4.79 Å². The molecular weight excluding hydrogens is 232 g/mol. The Morgan fingerprint density at radius 3 is 3.06 bits per heavy atom. The molecule has 0 unspecified atom stereocenters. The van der Waals surface area contributed by atoms with Crippen LogP contribution in [0, 0.1) is 0 Å². The normalized spacial score (nSPS) is 10.7. The molecule has 7 heteroatoms. The molecular formula is C11H10N6O. The fourth-order valence-corrected chi connectivity index (χ4v) is 1.73. The van der Waals surface area contributed by atoms with E-state index in [4.69, 9.17) is 0 Å². The van der Waals surface area contributed by atoms with Gasteiger partial charge in [-0.15, -0.1) is 0 Å². The summed E-state index contributed by atoms with van der Waals surface area (Å²) in [5.74, 6) is -0.301. The van der Waals surface area contributed by atoms with Gasteiger partial charge >= 0.3 is 0 Å². The number of hydrogen-bond acceptors (Lipinski definition) is 4. The smallest absolute Gasteiger partial charge is 0.277 e. The first-order valence-electron chi connectivity index (χ1n) is 5.33. The van der Waals surface area contributed by atoms with E-state index >= 15 is 0 Å². The minimum absolute atomic E-state index is 0.250. The van der Waals surface area contributed by atoms with Gasteiger partial charge in [0.2, 0.25) is 0 Å². The van der Waals surface area contributed by atoms with Crippen molar-refractivity contribution >= 4 is 22.5 Å². The molecule has 0 radical (unpaired) electrons. The molecule has 0 bridgehead atoms. The Labute approximate surface area is 102 Å². The Morgan fingerprint density at radius 2 is 2.28 bits per heavy atom. The third-order valence-electron chi connectivity index (χ3n) is 2.65. The molecule has 1 aromatic carbocycles. The van der Waals surface area contributed by atoms with E-state index < -0.39 is 0 Å². The molecule has 0 aliphatic rings. The molecule has 2 heterocycles. The van der Waals surface area contributed by atoms with Crippen LogP contribution < -0.4 is 5.32 Å². The molecule has 0 aliphatic carbocycles. The van der Waals surface area contributed by atoms with Gasteiger partial charge in [-0.05, 0) is 18.2 Å². The standard InChI is InChI=1S/C11H10N6O/c1-17-10-4-8(3-2-7(10)5-13-17)14-11(18)9-6-12-16-15-9/h2-6H,1H3,(H,14,18)(H,12,15,16). The van der Waals surface area contributed by atoms with E-state index in [2.05, 4.69) is 25.8 Å². The Kier molecular flexibility index (Phi) is 2.30. The number of rotatable bonds is 2. The van der Waals surface area contributed by atoms with Crippen molar-refractivity contribution in [2.45, 2.75) is 0 Å². The van der Waals surface area contributed by atoms with Gasteiger partial charge < -0.3 is 5.32 Å². The van der Waals surface area contributed by atoms with E-state index in [9.17, 15) is 4.79 Å². The molecule has 0 fully saturated rings. The minimum atomic E-state index is -0.301. The van der Waals surface area contributed by atoms with E-state index in [-0.39, 0.29) is 11.6 Å². The van der Waals surface area contributed by atoms with Gasteiger partial charge in [-0.25, -0.2) is 0 Å². The fourth-order valence-electron chi connectivity index (χ4n) is 1.73. The number of carbonyl (C=O) groups excluding carboxylic acids is 1. The summed E-state index contributed by atoms with van der Waals surface area (Å²) in [6.07, 6.45) is 3.15. The second-order valence-corrected chi connectivity index (χ2v) is 3.85. The summed E-state index contributed by atoms with van der Waals surface area (Å²) in [6.45, 7) is 0. The SMILES string of the molecule is Cn1ncc2ccc(NC(=O)c3cn[nH]n3)cc21. The summed E-state index contributed by atoms with van der Waals surface area (Å²) in [5, 5.41) is 17.6. The molecule has 0 aliphatic heterocycles. The molecule has 0 saturated heterocycles. The Hall–Kier alpha value is -2.70. The van der Waals surface area contributed by atoms with Crippen LogP contribution in [0.2, 0.25) is 0 Å². The number of benzene rings is 1. The van der Waals surface area contributed by atoms with Crippen molar-refractivity contribution in [2.24, 2.45) is 7.05 Å². The zero-order valence-corrected chi connectivity index (χ0v) is 9.58. The molecule has 0 atom stereocenters. The molecule has 0 saturated carbocycles. The van der Waals surface area contributed by atoms with Crippen molar-refractivity contribution in [1.82, 2.24) is 25.2 Å². The highest BCUT2D eigenvalue weighted by Gasteiger charge is 2.09. The van der Waals surface area contributed by atoms with Crippen molar-refractivity contribution in [2.75, 3.05) is 5.32 Å². The van der Waals surface area contributed by atoms with Crippen molar-refractivity contribution in [3.63, 3.8) is 0 Å². The third kappa shape index (κ3) is 1.71. The molecule has 3 aromatic rings. The van der Waals surface area contributed by atoms with Gasteiger partial charge in [0.25, 0.3) is 5.91 Å². The number of carbonyl (C=O) groups is 1. The lowest BCUT2D eigenvalue weighted by molar-refractivity contribution is 0.102. The van der Waals surface area contributed by atoms with Crippen LogP contribution in [0.15, 0.2) is 30.6 Å². The second kappa shape index (κ2) is 3.95. The number of fused-ring (bicyclic) bond motifs is 1. The number of anilines is 1. The first-order chi connectivity index (χ1) is 8.74. The first kappa shape index (κ1) is 10.5. The molecule has 1 amide bonds. The zero-order valence-electron chi connectivity index (χ0n) is 9.58. The van der Waals surface area contributed by atoms with Crippen LogP contribution in [0.1, 0.15) is 10.5 Å². The summed E-state index contributed by atoms with van der Waals surface area (Å²) in [4.78, 5) is 11.8. The van der Waals surface area contributed by atoms with Crippen LogP contribution in [0.4, 0.5) is 5.69 Å². The number of aryl methyl sites for hydroxylation is 1. The summed E-state index contributed by atoms with van der Waals surface area (Å²) in [6, 6.07) is 5.59. The number of aromatic amines is 1. The van der Waals surface area contributed by atoms with Crippen LogP contribution in [0.25, 0.3) is 10.9 Å². The van der Waals surface area contributed by atoms with Crippen LogP contribution in [0.5, 0.6) is 0 Å². The Balaban J connectivity index is 1.91. The minimum Gasteiger partial charge on any atom is -0.320 e. The highest BCUT2D eigenvalue weighted by atomic mass is 16.2. The van der Waals surface area contributed by atoms with Gasteiger partial charge in [0.1, 0.15) is 0 Å². The monoisotopic (exact) mass is 242 g/mol. The van der Waals surface area contributed by atoms with E-state index in [1.165, 1.54) is 6.20 Å².